The topological polar surface area (TPSA) is 95.9 Å². The van der Waals surface area contributed by atoms with Gasteiger partial charge in [0, 0.05) is 0 Å². The monoisotopic (exact) mass is 367 g/mol. The molecule has 1 aromatic carbocycles. The molecule has 0 saturated heterocycles. The van der Waals surface area contributed by atoms with Crippen LogP contribution in [0.4, 0.5) is 0 Å². The third-order valence-corrected chi connectivity index (χ3v) is 4.45. The fourth-order valence-corrected chi connectivity index (χ4v) is 2.91. The molecule has 0 amide bonds. The molecular weight excluding hydrogens is 354 g/mol. The highest BCUT2D eigenvalue weighted by molar-refractivity contribution is 7.13. The van der Waals surface area contributed by atoms with Crippen molar-refractivity contribution in [1.29, 1.82) is 0 Å². The summed E-state index contributed by atoms with van der Waals surface area (Å²) in [6, 6.07) is 10.6. The van der Waals surface area contributed by atoms with Gasteiger partial charge < -0.3 is 9.15 Å². The number of ether oxygens (including phenoxy) is 1. The first kappa shape index (κ1) is 16.2. The molecule has 0 aliphatic heterocycles. The van der Waals surface area contributed by atoms with Crippen molar-refractivity contribution < 1.29 is 13.9 Å². The molecule has 1 unspecified atom stereocenters. The fourth-order valence-electron chi connectivity index (χ4n) is 2.27. The first-order valence-corrected chi connectivity index (χ1v) is 8.62. The highest BCUT2D eigenvalue weighted by Gasteiger charge is 2.20. The minimum absolute atomic E-state index is 0.251. The van der Waals surface area contributed by atoms with Crippen LogP contribution in [-0.4, -0.2) is 30.9 Å². The van der Waals surface area contributed by atoms with Gasteiger partial charge in [-0.1, -0.05) is 6.07 Å². The lowest BCUT2D eigenvalue weighted by Gasteiger charge is -2.09. The second kappa shape index (κ2) is 6.89. The van der Waals surface area contributed by atoms with Gasteiger partial charge in [-0.2, -0.15) is 5.10 Å². The molecule has 8 nitrogen and oxygen atoms in total. The van der Waals surface area contributed by atoms with E-state index in [1.165, 1.54) is 17.7 Å². The van der Waals surface area contributed by atoms with Crippen LogP contribution in [0.2, 0.25) is 0 Å². The molecule has 9 heteroatoms. The Bertz CT molecular complexity index is 994. The minimum Gasteiger partial charge on any atom is -0.449 e. The van der Waals surface area contributed by atoms with Gasteiger partial charge in [-0.3, -0.25) is 0 Å². The third-order valence-electron chi connectivity index (χ3n) is 3.59. The summed E-state index contributed by atoms with van der Waals surface area (Å²) in [6.45, 7) is 1.69. The molecule has 0 saturated carbocycles. The van der Waals surface area contributed by atoms with E-state index in [2.05, 4.69) is 20.3 Å². The molecule has 26 heavy (non-hydrogen) atoms. The fraction of sp³-hybridized carbons (Fsp3) is 0.118. The summed E-state index contributed by atoms with van der Waals surface area (Å²) in [6.07, 6.45) is 2.37. The number of nitrogens with zero attached hydrogens (tertiary/aromatic N) is 5. The molecule has 3 aromatic heterocycles. The minimum atomic E-state index is -0.654. The van der Waals surface area contributed by atoms with E-state index in [4.69, 9.17) is 9.15 Å². The quantitative estimate of drug-likeness (QED) is 0.499. The molecule has 0 aliphatic carbocycles. The van der Waals surface area contributed by atoms with Gasteiger partial charge >= 0.3 is 5.97 Å². The average Bonchev–Trinajstić information content (AvgIpc) is 3.43. The van der Waals surface area contributed by atoms with Gasteiger partial charge in [-0.15, -0.1) is 21.5 Å². The van der Waals surface area contributed by atoms with Gasteiger partial charge in [0.05, 0.1) is 16.1 Å². The van der Waals surface area contributed by atoms with Crippen LogP contribution in [0.3, 0.4) is 0 Å². The van der Waals surface area contributed by atoms with Crippen LogP contribution in [0.1, 0.15) is 29.3 Å². The maximum atomic E-state index is 12.3. The molecule has 0 bridgehead atoms. The summed E-state index contributed by atoms with van der Waals surface area (Å²) in [4.78, 5) is 17.1. The van der Waals surface area contributed by atoms with E-state index in [9.17, 15) is 4.79 Å². The number of aromatic nitrogens is 5. The van der Waals surface area contributed by atoms with Crippen LogP contribution in [0.15, 0.2) is 58.9 Å². The van der Waals surface area contributed by atoms with Gasteiger partial charge in [0.1, 0.15) is 12.7 Å². The Morgan fingerprint density at radius 2 is 2.08 bits per heavy atom. The number of benzene rings is 1. The molecule has 3 heterocycles. The summed E-state index contributed by atoms with van der Waals surface area (Å²) in [5.74, 6) is 0.189. The Balaban J connectivity index is 1.44. The zero-order valence-corrected chi connectivity index (χ0v) is 14.5. The second-order valence-electron chi connectivity index (χ2n) is 5.36. The van der Waals surface area contributed by atoms with Crippen LogP contribution in [0, 0.1) is 0 Å². The molecular formula is C17H13N5O3S. The third kappa shape index (κ3) is 3.24. The lowest BCUT2D eigenvalue weighted by molar-refractivity contribution is 0.0280. The number of esters is 1. The van der Waals surface area contributed by atoms with Crippen molar-refractivity contribution in [1.82, 2.24) is 25.0 Å². The summed E-state index contributed by atoms with van der Waals surface area (Å²) < 4.78 is 12.6. The smallest absolute Gasteiger partial charge is 0.338 e. The SMILES string of the molecule is CC(OC(=O)c1ccc(-n2cncn2)cc1)c1nnc(-c2cccs2)o1. The average molecular weight is 367 g/mol. The predicted octanol–water partition coefficient (Wildman–Crippen LogP) is 3.30. The van der Waals surface area contributed by atoms with Gasteiger partial charge in [-0.05, 0) is 42.6 Å². The highest BCUT2D eigenvalue weighted by Crippen LogP contribution is 2.26. The van der Waals surface area contributed by atoms with Gasteiger partial charge in [0.15, 0.2) is 6.10 Å². The van der Waals surface area contributed by atoms with Crippen molar-refractivity contribution in [3.8, 4) is 16.5 Å². The van der Waals surface area contributed by atoms with Crippen molar-refractivity contribution in [2.75, 3.05) is 0 Å². The normalized spacial score (nSPS) is 12.0. The van der Waals surface area contributed by atoms with Crippen LogP contribution in [-0.2, 0) is 4.74 Å². The van der Waals surface area contributed by atoms with Crippen molar-refractivity contribution in [3.05, 3.63) is 65.9 Å². The standard InChI is InChI=1S/C17H13N5O3S/c1-11(15-20-21-16(25-15)14-3-2-8-26-14)24-17(23)12-4-6-13(7-5-12)22-10-18-9-19-22/h2-11H,1H3. The first-order valence-electron chi connectivity index (χ1n) is 7.74. The number of hydrogen-bond donors (Lipinski definition) is 0. The summed E-state index contributed by atoms with van der Waals surface area (Å²) in [5, 5.41) is 13.9. The van der Waals surface area contributed by atoms with E-state index in [1.54, 1.807) is 42.2 Å². The van der Waals surface area contributed by atoms with E-state index in [1.807, 2.05) is 17.5 Å². The predicted molar refractivity (Wildman–Crippen MR) is 92.8 cm³/mol. The largest absolute Gasteiger partial charge is 0.449 e. The number of hydrogen-bond acceptors (Lipinski definition) is 8. The molecule has 0 aliphatic rings. The summed E-state index contributed by atoms with van der Waals surface area (Å²) in [5.41, 5.74) is 1.21. The van der Waals surface area contributed by atoms with E-state index >= 15 is 0 Å². The van der Waals surface area contributed by atoms with Crippen molar-refractivity contribution in [2.45, 2.75) is 13.0 Å². The van der Waals surface area contributed by atoms with E-state index in [-0.39, 0.29) is 5.89 Å². The molecule has 0 spiro atoms. The highest BCUT2D eigenvalue weighted by atomic mass is 32.1. The van der Waals surface area contributed by atoms with Crippen LogP contribution in [0.25, 0.3) is 16.5 Å². The van der Waals surface area contributed by atoms with Crippen LogP contribution >= 0.6 is 11.3 Å². The summed E-state index contributed by atoms with van der Waals surface area (Å²) >= 11 is 1.50. The number of carbonyl (C=O) groups excluding carboxylic acids is 1. The molecule has 130 valence electrons. The zero-order valence-electron chi connectivity index (χ0n) is 13.6. The van der Waals surface area contributed by atoms with Crippen molar-refractivity contribution in [2.24, 2.45) is 0 Å². The Kier molecular flexibility index (Phi) is 4.28. The number of carbonyl (C=O) groups is 1. The number of rotatable bonds is 5. The molecule has 0 N–H and O–H groups in total. The molecule has 4 aromatic rings. The molecule has 4 rings (SSSR count). The van der Waals surface area contributed by atoms with Gasteiger partial charge in [-0.25, -0.2) is 14.5 Å². The Labute approximate surface area is 152 Å². The molecule has 0 radical (unpaired) electrons. The van der Waals surface area contributed by atoms with Gasteiger partial charge in [0.25, 0.3) is 11.8 Å². The lowest BCUT2D eigenvalue weighted by Crippen LogP contribution is -2.09. The van der Waals surface area contributed by atoms with Gasteiger partial charge in [0.2, 0.25) is 0 Å². The first-order chi connectivity index (χ1) is 12.7. The zero-order chi connectivity index (χ0) is 17.9. The van der Waals surface area contributed by atoms with Crippen molar-refractivity contribution >= 4 is 17.3 Å². The Morgan fingerprint density at radius 3 is 2.77 bits per heavy atom. The molecule has 1 atom stereocenters. The van der Waals surface area contributed by atoms with Crippen LogP contribution < -0.4 is 0 Å². The Morgan fingerprint density at radius 1 is 1.23 bits per heavy atom. The van der Waals surface area contributed by atoms with Crippen LogP contribution in [0.5, 0.6) is 0 Å². The van der Waals surface area contributed by atoms with E-state index < -0.39 is 12.1 Å². The molecule has 0 fully saturated rings. The second-order valence-corrected chi connectivity index (χ2v) is 6.30. The maximum Gasteiger partial charge on any atom is 0.338 e. The van der Waals surface area contributed by atoms with E-state index in [0.717, 1.165) is 10.6 Å². The van der Waals surface area contributed by atoms with E-state index in [0.29, 0.717) is 11.5 Å². The summed E-state index contributed by atoms with van der Waals surface area (Å²) in [7, 11) is 0. The maximum absolute atomic E-state index is 12.3. The Hall–Kier alpha value is -3.33. The lowest BCUT2D eigenvalue weighted by atomic mass is 10.2. The van der Waals surface area contributed by atoms with Crippen molar-refractivity contribution in [3.63, 3.8) is 0 Å². The number of thiophene rings is 1.